The molecule has 1 aromatic heterocycles. The average molecular weight is 238 g/mol. The minimum atomic E-state index is 0.272. The fraction of sp³-hybridized carbons (Fsp3) is 0.750. The third-order valence-electron chi connectivity index (χ3n) is 3.58. The van der Waals surface area contributed by atoms with E-state index in [1.165, 1.54) is 41.3 Å². The molecule has 88 valence electrons. The van der Waals surface area contributed by atoms with Crippen molar-refractivity contribution in [2.24, 2.45) is 5.73 Å². The van der Waals surface area contributed by atoms with Crippen LogP contribution in [0.2, 0.25) is 0 Å². The number of hydrogen-bond acceptors (Lipinski definition) is 4. The molecule has 3 nitrogen and oxygen atoms in total. The van der Waals surface area contributed by atoms with Gasteiger partial charge in [-0.2, -0.15) is 0 Å². The lowest BCUT2D eigenvalue weighted by Crippen LogP contribution is -2.17. The van der Waals surface area contributed by atoms with Gasteiger partial charge in [-0.05, 0) is 32.1 Å². The Morgan fingerprint density at radius 3 is 3.06 bits per heavy atom. The van der Waals surface area contributed by atoms with Crippen LogP contribution in [0.4, 0.5) is 0 Å². The monoisotopic (exact) mass is 238 g/mol. The lowest BCUT2D eigenvalue weighted by atomic mass is 9.91. The molecule has 3 rings (SSSR count). The Balaban J connectivity index is 1.89. The van der Waals surface area contributed by atoms with Gasteiger partial charge in [0, 0.05) is 23.9 Å². The number of aryl methyl sites for hydroxylation is 1. The maximum Gasteiger partial charge on any atom is 0.122 e. The molecule has 0 spiro atoms. The summed E-state index contributed by atoms with van der Waals surface area (Å²) in [5.41, 5.74) is 7.10. The molecule has 2 aliphatic rings. The zero-order valence-electron chi connectivity index (χ0n) is 9.45. The van der Waals surface area contributed by atoms with Gasteiger partial charge in [-0.15, -0.1) is 11.3 Å². The quantitative estimate of drug-likeness (QED) is 0.860. The van der Waals surface area contributed by atoms with E-state index in [0.717, 1.165) is 19.6 Å². The summed E-state index contributed by atoms with van der Waals surface area (Å²) < 4.78 is 5.70. The van der Waals surface area contributed by atoms with Gasteiger partial charge in [0.15, 0.2) is 0 Å². The van der Waals surface area contributed by atoms with Gasteiger partial charge in [-0.1, -0.05) is 0 Å². The third kappa shape index (κ3) is 1.79. The third-order valence-corrected chi connectivity index (χ3v) is 4.80. The maximum absolute atomic E-state index is 5.81. The molecule has 0 amide bonds. The number of nitrogens with two attached hydrogens (primary N) is 1. The summed E-state index contributed by atoms with van der Waals surface area (Å²) >= 11 is 1.86. The van der Waals surface area contributed by atoms with Crippen LogP contribution in [0.15, 0.2) is 0 Å². The van der Waals surface area contributed by atoms with E-state index in [1.54, 1.807) is 0 Å². The summed E-state index contributed by atoms with van der Waals surface area (Å²) in [6.07, 6.45) is 6.25. The van der Waals surface area contributed by atoms with Gasteiger partial charge in [0.2, 0.25) is 0 Å². The second kappa shape index (κ2) is 4.43. The molecule has 1 aliphatic heterocycles. The molecule has 0 radical (unpaired) electrons. The molecule has 1 aromatic rings. The molecule has 0 saturated carbocycles. The van der Waals surface area contributed by atoms with Gasteiger partial charge in [-0.3, -0.25) is 0 Å². The topological polar surface area (TPSA) is 48.1 Å². The second-order valence-electron chi connectivity index (χ2n) is 4.69. The highest BCUT2D eigenvalue weighted by Gasteiger charge is 2.27. The van der Waals surface area contributed by atoms with E-state index in [2.05, 4.69) is 0 Å². The van der Waals surface area contributed by atoms with Gasteiger partial charge in [0.1, 0.15) is 11.1 Å². The predicted molar refractivity (Wildman–Crippen MR) is 64.8 cm³/mol. The highest BCUT2D eigenvalue weighted by atomic mass is 32.1. The number of thiazole rings is 1. The second-order valence-corrected chi connectivity index (χ2v) is 5.80. The number of aromatic nitrogens is 1. The van der Waals surface area contributed by atoms with Gasteiger partial charge >= 0.3 is 0 Å². The first-order valence-corrected chi connectivity index (χ1v) is 7.01. The van der Waals surface area contributed by atoms with Crippen molar-refractivity contribution in [2.75, 3.05) is 13.2 Å². The SMILES string of the molecule is NCC1CCCc2sc(C3CCCO3)nc21. The number of nitrogens with zero attached hydrogens (tertiary/aromatic N) is 1. The van der Waals surface area contributed by atoms with Crippen molar-refractivity contribution in [3.05, 3.63) is 15.6 Å². The minimum absolute atomic E-state index is 0.272. The molecule has 1 saturated heterocycles. The van der Waals surface area contributed by atoms with Gasteiger partial charge in [0.05, 0.1) is 5.69 Å². The molecule has 16 heavy (non-hydrogen) atoms. The molecule has 2 atom stereocenters. The van der Waals surface area contributed by atoms with E-state index in [4.69, 9.17) is 15.5 Å². The van der Waals surface area contributed by atoms with E-state index in [1.807, 2.05) is 11.3 Å². The Hall–Kier alpha value is -0.450. The molecule has 1 fully saturated rings. The molecular formula is C12H18N2OS. The lowest BCUT2D eigenvalue weighted by molar-refractivity contribution is 0.111. The van der Waals surface area contributed by atoms with Crippen LogP contribution in [0, 0.1) is 0 Å². The number of hydrogen-bond donors (Lipinski definition) is 1. The largest absolute Gasteiger partial charge is 0.371 e. The van der Waals surface area contributed by atoms with Crippen LogP contribution in [0.25, 0.3) is 0 Å². The summed E-state index contributed by atoms with van der Waals surface area (Å²) in [7, 11) is 0. The summed E-state index contributed by atoms with van der Waals surface area (Å²) in [6.45, 7) is 1.64. The first-order valence-electron chi connectivity index (χ1n) is 6.19. The van der Waals surface area contributed by atoms with Crippen LogP contribution in [0.5, 0.6) is 0 Å². The summed E-state index contributed by atoms with van der Waals surface area (Å²) in [4.78, 5) is 6.26. The summed E-state index contributed by atoms with van der Waals surface area (Å²) in [5, 5.41) is 1.20. The Morgan fingerprint density at radius 1 is 1.38 bits per heavy atom. The average Bonchev–Trinajstić information content (AvgIpc) is 2.96. The highest BCUT2D eigenvalue weighted by Crippen LogP contribution is 2.39. The van der Waals surface area contributed by atoms with E-state index in [-0.39, 0.29) is 6.10 Å². The zero-order chi connectivity index (χ0) is 11.0. The molecule has 4 heteroatoms. The summed E-state index contributed by atoms with van der Waals surface area (Å²) in [5.74, 6) is 0.496. The van der Waals surface area contributed by atoms with E-state index in [0.29, 0.717) is 5.92 Å². The number of rotatable bonds is 2. The van der Waals surface area contributed by atoms with Crippen molar-refractivity contribution in [3.63, 3.8) is 0 Å². The van der Waals surface area contributed by atoms with Crippen molar-refractivity contribution >= 4 is 11.3 Å². The molecule has 0 aromatic carbocycles. The first kappa shape index (κ1) is 10.7. The van der Waals surface area contributed by atoms with Crippen molar-refractivity contribution < 1.29 is 4.74 Å². The van der Waals surface area contributed by atoms with E-state index < -0.39 is 0 Å². The van der Waals surface area contributed by atoms with Crippen molar-refractivity contribution in [1.82, 2.24) is 4.98 Å². The van der Waals surface area contributed by atoms with Gasteiger partial charge < -0.3 is 10.5 Å². The van der Waals surface area contributed by atoms with E-state index in [9.17, 15) is 0 Å². The van der Waals surface area contributed by atoms with Crippen LogP contribution in [0.1, 0.15) is 53.3 Å². The highest BCUT2D eigenvalue weighted by molar-refractivity contribution is 7.11. The predicted octanol–water partition coefficient (Wildman–Crippen LogP) is 2.37. The molecule has 2 heterocycles. The molecule has 0 bridgehead atoms. The van der Waals surface area contributed by atoms with Crippen LogP contribution in [0.3, 0.4) is 0 Å². The van der Waals surface area contributed by atoms with Gasteiger partial charge in [-0.25, -0.2) is 4.98 Å². The minimum Gasteiger partial charge on any atom is -0.371 e. The van der Waals surface area contributed by atoms with Gasteiger partial charge in [0.25, 0.3) is 0 Å². The summed E-state index contributed by atoms with van der Waals surface area (Å²) in [6, 6.07) is 0. The smallest absolute Gasteiger partial charge is 0.122 e. The van der Waals surface area contributed by atoms with Crippen molar-refractivity contribution in [1.29, 1.82) is 0 Å². The standard InChI is InChI=1S/C12H18N2OS/c13-7-8-3-1-5-10-11(8)14-12(16-10)9-4-2-6-15-9/h8-9H,1-7,13H2. The lowest BCUT2D eigenvalue weighted by Gasteiger charge is -2.18. The Morgan fingerprint density at radius 2 is 2.31 bits per heavy atom. The maximum atomic E-state index is 5.81. The Bertz CT molecular complexity index is 371. The first-order chi connectivity index (χ1) is 7.88. The molecule has 2 N–H and O–H groups in total. The van der Waals surface area contributed by atoms with Crippen molar-refractivity contribution in [2.45, 2.75) is 44.1 Å². The fourth-order valence-corrected chi connectivity index (χ4v) is 3.94. The van der Waals surface area contributed by atoms with E-state index >= 15 is 0 Å². The van der Waals surface area contributed by atoms with Crippen LogP contribution in [-0.2, 0) is 11.2 Å². The van der Waals surface area contributed by atoms with Crippen LogP contribution in [-0.4, -0.2) is 18.1 Å². The van der Waals surface area contributed by atoms with Crippen molar-refractivity contribution in [3.8, 4) is 0 Å². The normalized spacial score (nSPS) is 29.3. The Labute approximate surface area is 100 Å². The molecule has 2 unspecified atom stereocenters. The Kier molecular flexibility index (Phi) is 2.96. The van der Waals surface area contributed by atoms with Crippen LogP contribution < -0.4 is 5.73 Å². The van der Waals surface area contributed by atoms with Crippen LogP contribution >= 0.6 is 11.3 Å². The number of ether oxygens (including phenoxy) is 1. The molecule has 1 aliphatic carbocycles. The fourth-order valence-electron chi connectivity index (χ4n) is 2.67. The molecular weight excluding hydrogens is 220 g/mol. The zero-order valence-corrected chi connectivity index (χ0v) is 10.3. The number of fused-ring (bicyclic) bond motifs is 1.